The number of hydrogen-bond acceptors (Lipinski definition) is 4. The molecule has 126 valence electrons. The van der Waals surface area contributed by atoms with E-state index in [9.17, 15) is 0 Å². The van der Waals surface area contributed by atoms with Gasteiger partial charge in [0.1, 0.15) is 0 Å². The molecule has 1 aromatic heterocycles. The second kappa shape index (κ2) is 11.0. The summed E-state index contributed by atoms with van der Waals surface area (Å²) >= 11 is 0. The van der Waals surface area contributed by atoms with E-state index in [1.54, 1.807) is 0 Å². The summed E-state index contributed by atoms with van der Waals surface area (Å²) in [6.07, 6.45) is 1.62. The Bertz CT molecular complexity index is 585. The fourth-order valence-electron chi connectivity index (χ4n) is 2.02. The zero-order valence-corrected chi connectivity index (χ0v) is 15.9. The molecular weight excluding hydrogens is 405 g/mol. The molecule has 2 N–H and O–H groups in total. The smallest absolute Gasteiger partial charge is 0.228 e. The summed E-state index contributed by atoms with van der Waals surface area (Å²) in [5.74, 6) is 2.10. The van der Waals surface area contributed by atoms with Crippen molar-refractivity contribution in [3.8, 4) is 0 Å². The normalized spacial score (nSPS) is 11.0. The number of halogens is 1. The molecule has 2 aromatic rings. The van der Waals surface area contributed by atoms with Crippen LogP contribution in [-0.4, -0.2) is 35.7 Å². The van der Waals surface area contributed by atoms with Crippen LogP contribution in [0.4, 0.5) is 0 Å². The summed E-state index contributed by atoms with van der Waals surface area (Å²) in [4.78, 5) is 8.68. The third-order valence-electron chi connectivity index (χ3n) is 3.06. The minimum atomic E-state index is 0. The number of aryl methyl sites for hydroxylation is 1. The number of aliphatic imine (C=N–C) groups is 1. The minimum absolute atomic E-state index is 0. The Morgan fingerprint density at radius 1 is 1.17 bits per heavy atom. The molecule has 6 nitrogen and oxygen atoms in total. The van der Waals surface area contributed by atoms with E-state index in [0.29, 0.717) is 24.7 Å². The van der Waals surface area contributed by atoms with Crippen LogP contribution in [0.2, 0.25) is 0 Å². The topological polar surface area (TPSA) is 75.3 Å². The Kier molecular flexibility index (Phi) is 9.27. The largest absolute Gasteiger partial charge is 0.357 e. The van der Waals surface area contributed by atoms with Crippen LogP contribution in [0.25, 0.3) is 0 Å². The van der Waals surface area contributed by atoms with Crippen LogP contribution in [0.3, 0.4) is 0 Å². The first-order valence-electron chi connectivity index (χ1n) is 7.63. The maximum absolute atomic E-state index is 5.07. The highest BCUT2D eigenvalue weighted by Crippen LogP contribution is 1.98. The number of nitrogens with zero attached hydrogens (tertiary/aromatic N) is 3. The van der Waals surface area contributed by atoms with E-state index in [2.05, 4.69) is 57.0 Å². The zero-order chi connectivity index (χ0) is 15.6. The molecule has 1 heterocycles. The predicted octanol–water partition coefficient (Wildman–Crippen LogP) is 2.34. The van der Waals surface area contributed by atoms with Crippen molar-refractivity contribution in [2.45, 2.75) is 26.7 Å². The molecule has 0 aliphatic heterocycles. The van der Waals surface area contributed by atoms with E-state index in [1.165, 1.54) is 5.56 Å². The first kappa shape index (κ1) is 19.4. The molecular formula is C16H24IN5O. The monoisotopic (exact) mass is 429 g/mol. The van der Waals surface area contributed by atoms with Gasteiger partial charge in [-0.05, 0) is 25.8 Å². The highest BCUT2D eigenvalue weighted by molar-refractivity contribution is 14.0. The van der Waals surface area contributed by atoms with Crippen molar-refractivity contribution in [1.82, 2.24) is 20.8 Å². The summed E-state index contributed by atoms with van der Waals surface area (Å²) in [5, 5.41) is 10.3. The van der Waals surface area contributed by atoms with Gasteiger partial charge in [0.25, 0.3) is 0 Å². The molecule has 0 amide bonds. The van der Waals surface area contributed by atoms with Crippen LogP contribution < -0.4 is 10.6 Å². The van der Waals surface area contributed by atoms with Gasteiger partial charge in [0.05, 0.1) is 6.54 Å². The van der Waals surface area contributed by atoms with Gasteiger partial charge in [0.2, 0.25) is 5.89 Å². The lowest BCUT2D eigenvalue weighted by molar-refractivity contribution is 0.376. The molecule has 1 aromatic carbocycles. The molecule has 0 fully saturated rings. The molecule has 0 aliphatic rings. The van der Waals surface area contributed by atoms with E-state index >= 15 is 0 Å². The van der Waals surface area contributed by atoms with Crippen molar-refractivity contribution in [2.75, 3.05) is 19.6 Å². The number of hydrogen-bond donors (Lipinski definition) is 2. The molecule has 0 saturated carbocycles. The molecule has 0 unspecified atom stereocenters. The van der Waals surface area contributed by atoms with Crippen molar-refractivity contribution in [3.63, 3.8) is 0 Å². The van der Waals surface area contributed by atoms with Crippen LogP contribution in [0, 0.1) is 6.92 Å². The average molecular weight is 429 g/mol. The predicted molar refractivity (Wildman–Crippen MR) is 102 cm³/mol. The van der Waals surface area contributed by atoms with Gasteiger partial charge in [-0.15, -0.1) is 24.0 Å². The van der Waals surface area contributed by atoms with Gasteiger partial charge < -0.3 is 15.2 Å². The lowest BCUT2D eigenvalue weighted by Crippen LogP contribution is -2.38. The minimum Gasteiger partial charge on any atom is -0.357 e. The highest BCUT2D eigenvalue weighted by Gasteiger charge is 2.02. The van der Waals surface area contributed by atoms with Crippen molar-refractivity contribution in [2.24, 2.45) is 4.99 Å². The number of nitrogens with one attached hydrogen (secondary N) is 2. The second-order valence-electron chi connectivity index (χ2n) is 4.91. The van der Waals surface area contributed by atoms with Gasteiger partial charge in [-0.1, -0.05) is 35.5 Å². The Balaban J connectivity index is 0.00000264. The van der Waals surface area contributed by atoms with Gasteiger partial charge in [-0.25, -0.2) is 0 Å². The van der Waals surface area contributed by atoms with Gasteiger partial charge in [-0.2, -0.15) is 4.98 Å². The third-order valence-corrected chi connectivity index (χ3v) is 3.06. The first-order chi connectivity index (χ1) is 10.8. The Hall–Kier alpha value is -1.64. The van der Waals surface area contributed by atoms with Crippen LogP contribution >= 0.6 is 24.0 Å². The van der Waals surface area contributed by atoms with E-state index < -0.39 is 0 Å². The van der Waals surface area contributed by atoms with Gasteiger partial charge >= 0.3 is 0 Å². The molecule has 0 radical (unpaired) electrons. The lowest BCUT2D eigenvalue weighted by Gasteiger charge is -2.11. The number of aromatic nitrogens is 2. The quantitative estimate of drug-likeness (QED) is 0.402. The van der Waals surface area contributed by atoms with Gasteiger partial charge in [0.15, 0.2) is 11.8 Å². The van der Waals surface area contributed by atoms with E-state index in [1.807, 2.05) is 13.0 Å². The molecule has 0 spiro atoms. The van der Waals surface area contributed by atoms with Crippen molar-refractivity contribution in [1.29, 1.82) is 0 Å². The average Bonchev–Trinajstić information content (AvgIpc) is 2.94. The summed E-state index contributed by atoms with van der Waals surface area (Å²) in [7, 11) is 0. The molecule has 0 bridgehead atoms. The number of benzene rings is 1. The zero-order valence-electron chi connectivity index (χ0n) is 13.6. The van der Waals surface area contributed by atoms with Gasteiger partial charge in [-0.3, -0.25) is 4.99 Å². The fourth-order valence-corrected chi connectivity index (χ4v) is 2.02. The van der Waals surface area contributed by atoms with Crippen molar-refractivity contribution >= 4 is 29.9 Å². The fraction of sp³-hybridized carbons (Fsp3) is 0.438. The summed E-state index contributed by atoms with van der Waals surface area (Å²) in [6, 6.07) is 10.4. The number of rotatable bonds is 7. The van der Waals surface area contributed by atoms with E-state index in [0.717, 1.165) is 25.5 Å². The number of guanidine groups is 1. The van der Waals surface area contributed by atoms with E-state index in [-0.39, 0.29) is 24.0 Å². The lowest BCUT2D eigenvalue weighted by atomic mass is 10.1. The molecule has 0 atom stereocenters. The van der Waals surface area contributed by atoms with E-state index in [4.69, 9.17) is 4.52 Å². The van der Waals surface area contributed by atoms with Crippen LogP contribution in [-0.2, 0) is 12.8 Å². The SMILES string of the molecule is CCNC(=NCCc1nc(C)no1)NCCc1ccccc1.I. The second-order valence-corrected chi connectivity index (χ2v) is 4.91. The van der Waals surface area contributed by atoms with Crippen LogP contribution in [0.1, 0.15) is 24.2 Å². The summed E-state index contributed by atoms with van der Waals surface area (Å²) in [6.45, 7) is 6.15. The third kappa shape index (κ3) is 7.45. The molecule has 2 rings (SSSR count). The Morgan fingerprint density at radius 2 is 1.96 bits per heavy atom. The Morgan fingerprint density at radius 3 is 2.61 bits per heavy atom. The standard InChI is InChI=1S/C16H23N5O.HI/c1-3-17-16(18-11-9-14-7-5-4-6-8-14)19-12-10-15-20-13(2)21-22-15;/h4-8H,3,9-12H2,1-2H3,(H2,17,18,19);1H. The molecule has 0 aliphatic carbocycles. The summed E-state index contributed by atoms with van der Waals surface area (Å²) < 4.78 is 5.07. The molecule has 23 heavy (non-hydrogen) atoms. The summed E-state index contributed by atoms with van der Waals surface area (Å²) in [5.41, 5.74) is 1.31. The maximum Gasteiger partial charge on any atom is 0.228 e. The molecule has 0 saturated heterocycles. The van der Waals surface area contributed by atoms with Crippen LogP contribution in [0.5, 0.6) is 0 Å². The molecule has 7 heteroatoms. The van der Waals surface area contributed by atoms with Crippen molar-refractivity contribution in [3.05, 3.63) is 47.6 Å². The Labute approximate surface area is 154 Å². The van der Waals surface area contributed by atoms with Gasteiger partial charge in [0, 0.05) is 19.5 Å². The van der Waals surface area contributed by atoms with Crippen LogP contribution in [0.15, 0.2) is 39.8 Å². The van der Waals surface area contributed by atoms with Crippen molar-refractivity contribution < 1.29 is 4.52 Å². The first-order valence-corrected chi connectivity index (χ1v) is 7.63. The highest BCUT2D eigenvalue weighted by atomic mass is 127. The maximum atomic E-state index is 5.07.